The fourth-order valence-electron chi connectivity index (χ4n) is 3.90. The molecule has 1 aliphatic rings. The van der Waals surface area contributed by atoms with Gasteiger partial charge in [0.25, 0.3) is 11.1 Å². The van der Waals surface area contributed by atoms with E-state index in [4.69, 9.17) is 16.0 Å². The molecule has 0 radical (unpaired) electrons. The van der Waals surface area contributed by atoms with Gasteiger partial charge in [-0.3, -0.25) is 14.6 Å². The molecule has 3 heterocycles. The fraction of sp³-hybridized carbons (Fsp3) is 0.192. The third kappa shape index (κ3) is 6.28. The maximum Gasteiger partial charge on any atom is 0.277 e. The van der Waals surface area contributed by atoms with Crippen molar-refractivity contribution in [2.75, 3.05) is 42.1 Å². The number of nitrogens with one attached hydrogen (secondary N) is 1. The lowest BCUT2D eigenvalue weighted by atomic mass is 10.1. The van der Waals surface area contributed by atoms with Gasteiger partial charge in [-0.15, -0.1) is 10.2 Å². The zero-order valence-electron chi connectivity index (χ0n) is 19.7. The molecule has 37 heavy (non-hydrogen) atoms. The topological polar surface area (TPSA) is 104 Å². The van der Waals surface area contributed by atoms with Gasteiger partial charge in [-0.2, -0.15) is 0 Å². The summed E-state index contributed by atoms with van der Waals surface area (Å²) in [6, 6.07) is 18.3. The summed E-state index contributed by atoms with van der Waals surface area (Å²) in [4.78, 5) is 33.2. The lowest BCUT2D eigenvalue weighted by Gasteiger charge is -2.36. The van der Waals surface area contributed by atoms with Crippen LogP contribution in [-0.4, -0.2) is 63.8 Å². The van der Waals surface area contributed by atoms with Crippen molar-refractivity contribution in [1.82, 2.24) is 20.1 Å². The van der Waals surface area contributed by atoms with Crippen LogP contribution >= 0.6 is 23.4 Å². The molecule has 1 fully saturated rings. The number of piperazine rings is 1. The van der Waals surface area contributed by atoms with Crippen molar-refractivity contribution in [3.8, 4) is 11.5 Å². The third-order valence-corrected chi connectivity index (χ3v) is 6.89. The molecule has 188 valence electrons. The number of anilines is 2. The molecule has 0 spiro atoms. The van der Waals surface area contributed by atoms with Crippen molar-refractivity contribution in [2.45, 2.75) is 5.22 Å². The number of thioether (sulfide) groups is 1. The summed E-state index contributed by atoms with van der Waals surface area (Å²) >= 11 is 7.09. The molecule has 1 aliphatic heterocycles. The van der Waals surface area contributed by atoms with Crippen LogP contribution in [0.3, 0.4) is 0 Å². The second-order valence-corrected chi connectivity index (χ2v) is 9.65. The zero-order chi connectivity index (χ0) is 25.6. The largest absolute Gasteiger partial charge is 0.411 e. The van der Waals surface area contributed by atoms with Crippen molar-refractivity contribution in [3.05, 3.63) is 83.6 Å². The van der Waals surface area contributed by atoms with Crippen LogP contribution in [0.15, 0.2) is 82.7 Å². The first-order valence-electron chi connectivity index (χ1n) is 11.6. The number of rotatable bonds is 7. The molecule has 1 N–H and O–H groups in total. The summed E-state index contributed by atoms with van der Waals surface area (Å²) in [6.07, 6.45) is 3.30. The molecule has 0 saturated carbocycles. The average Bonchev–Trinajstić information content (AvgIpc) is 3.42. The van der Waals surface area contributed by atoms with Crippen LogP contribution in [0.5, 0.6) is 0 Å². The Morgan fingerprint density at radius 1 is 0.973 bits per heavy atom. The molecule has 0 bridgehead atoms. The van der Waals surface area contributed by atoms with Gasteiger partial charge >= 0.3 is 0 Å². The lowest BCUT2D eigenvalue weighted by molar-refractivity contribution is -0.113. The summed E-state index contributed by atoms with van der Waals surface area (Å²) in [7, 11) is 0. The number of nitrogens with zero attached hydrogens (tertiary/aromatic N) is 5. The standard InChI is InChI=1S/C26H23ClN6O3S/c27-20-5-3-18(4-6-20)25(35)33-14-12-32(13-15-33)22-9-7-21(8-10-22)29-23(34)17-37-26-31-30-24(36-26)19-2-1-11-28-16-19/h1-11,16H,12-15,17H2,(H,29,34). The molecule has 2 amide bonds. The minimum atomic E-state index is -0.173. The molecular weight excluding hydrogens is 512 g/mol. The van der Waals surface area contributed by atoms with Crippen LogP contribution in [0.1, 0.15) is 10.4 Å². The van der Waals surface area contributed by atoms with Gasteiger partial charge in [0.1, 0.15) is 0 Å². The smallest absolute Gasteiger partial charge is 0.277 e. The zero-order valence-corrected chi connectivity index (χ0v) is 21.3. The quantitative estimate of drug-likeness (QED) is 0.346. The first-order chi connectivity index (χ1) is 18.0. The number of aromatic nitrogens is 3. The highest BCUT2D eigenvalue weighted by atomic mass is 35.5. The highest BCUT2D eigenvalue weighted by molar-refractivity contribution is 7.99. The Balaban J connectivity index is 1.08. The van der Waals surface area contributed by atoms with E-state index in [0.717, 1.165) is 24.3 Å². The maximum absolute atomic E-state index is 12.7. The number of hydrogen-bond acceptors (Lipinski definition) is 8. The van der Waals surface area contributed by atoms with Crippen LogP contribution in [0, 0.1) is 0 Å². The van der Waals surface area contributed by atoms with Gasteiger partial charge in [0.15, 0.2) is 0 Å². The number of hydrogen-bond donors (Lipinski definition) is 1. The Morgan fingerprint density at radius 2 is 1.73 bits per heavy atom. The maximum atomic E-state index is 12.7. The molecule has 5 rings (SSSR count). The first-order valence-corrected chi connectivity index (χ1v) is 13.0. The van der Waals surface area contributed by atoms with Gasteiger partial charge in [0.05, 0.1) is 11.3 Å². The first kappa shape index (κ1) is 24.8. The van der Waals surface area contributed by atoms with Crippen LogP contribution < -0.4 is 10.2 Å². The number of benzene rings is 2. The van der Waals surface area contributed by atoms with E-state index in [-0.39, 0.29) is 17.6 Å². The van der Waals surface area contributed by atoms with Gasteiger partial charge in [0, 0.05) is 60.5 Å². The van der Waals surface area contributed by atoms with E-state index >= 15 is 0 Å². The monoisotopic (exact) mass is 534 g/mol. The minimum absolute atomic E-state index is 0.0149. The fourth-order valence-corrected chi connectivity index (χ4v) is 4.59. The number of carbonyl (C=O) groups excluding carboxylic acids is 2. The van der Waals surface area contributed by atoms with Crippen molar-refractivity contribution < 1.29 is 14.0 Å². The summed E-state index contributed by atoms with van der Waals surface area (Å²) < 4.78 is 5.59. The number of amides is 2. The van der Waals surface area contributed by atoms with Gasteiger partial charge < -0.3 is 19.5 Å². The molecule has 0 atom stereocenters. The normalized spacial score (nSPS) is 13.4. The van der Waals surface area contributed by atoms with E-state index in [1.165, 1.54) is 11.8 Å². The van der Waals surface area contributed by atoms with Crippen molar-refractivity contribution >= 4 is 46.6 Å². The lowest BCUT2D eigenvalue weighted by Crippen LogP contribution is -2.48. The second kappa shape index (κ2) is 11.4. The van der Waals surface area contributed by atoms with Crippen molar-refractivity contribution in [1.29, 1.82) is 0 Å². The Kier molecular flexibility index (Phi) is 7.67. The second-order valence-electron chi connectivity index (χ2n) is 8.28. The van der Waals surface area contributed by atoms with E-state index in [0.29, 0.717) is 40.5 Å². The molecule has 2 aromatic carbocycles. The molecule has 0 unspecified atom stereocenters. The average molecular weight is 535 g/mol. The highest BCUT2D eigenvalue weighted by Crippen LogP contribution is 2.24. The molecule has 11 heteroatoms. The minimum Gasteiger partial charge on any atom is -0.411 e. The predicted octanol–water partition coefficient (Wildman–Crippen LogP) is 4.48. The summed E-state index contributed by atoms with van der Waals surface area (Å²) in [5, 5.41) is 11.8. The molecule has 2 aromatic heterocycles. The van der Waals surface area contributed by atoms with Crippen LogP contribution in [0.4, 0.5) is 11.4 Å². The molecule has 0 aliphatic carbocycles. The Morgan fingerprint density at radius 3 is 2.43 bits per heavy atom. The Hall–Kier alpha value is -3.89. The van der Waals surface area contributed by atoms with Crippen LogP contribution in [0.2, 0.25) is 5.02 Å². The van der Waals surface area contributed by atoms with E-state index < -0.39 is 0 Å². The third-order valence-electron chi connectivity index (χ3n) is 5.82. The molecule has 4 aromatic rings. The Labute approximate surface area is 222 Å². The Bertz CT molecular complexity index is 1360. The van der Waals surface area contributed by atoms with E-state index in [9.17, 15) is 9.59 Å². The van der Waals surface area contributed by atoms with Gasteiger partial charge in [-0.05, 0) is 60.7 Å². The summed E-state index contributed by atoms with van der Waals surface area (Å²) in [5.41, 5.74) is 3.11. The van der Waals surface area contributed by atoms with Crippen LogP contribution in [-0.2, 0) is 4.79 Å². The summed E-state index contributed by atoms with van der Waals surface area (Å²) in [6.45, 7) is 2.73. The molecular formula is C26H23ClN6O3S. The van der Waals surface area contributed by atoms with Gasteiger partial charge in [-0.25, -0.2) is 0 Å². The molecule has 1 saturated heterocycles. The predicted molar refractivity (Wildman–Crippen MR) is 143 cm³/mol. The van der Waals surface area contributed by atoms with E-state index in [1.54, 1.807) is 42.7 Å². The van der Waals surface area contributed by atoms with Crippen LogP contribution in [0.25, 0.3) is 11.5 Å². The molecule has 9 nitrogen and oxygen atoms in total. The number of carbonyl (C=O) groups is 2. The van der Waals surface area contributed by atoms with Crippen molar-refractivity contribution in [3.63, 3.8) is 0 Å². The summed E-state index contributed by atoms with van der Waals surface area (Å²) in [5.74, 6) is 0.344. The van der Waals surface area contributed by atoms with E-state index in [2.05, 4.69) is 25.4 Å². The number of halogens is 1. The van der Waals surface area contributed by atoms with Gasteiger partial charge in [-0.1, -0.05) is 23.4 Å². The SMILES string of the molecule is O=C(CSc1nnc(-c2cccnc2)o1)Nc1ccc(N2CCN(C(=O)c3ccc(Cl)cc3)CC2)cc1. The van der Waals surface area contributed by atoms with Gasteiger partial charge in [0.2, 0.25) is 11.8 Å². The highest BCUT2D eigenvalue weighted by Gasteiger charge is 2.22. The number of pyridine rings is 1. The van der Waals surface area contributed by atoms with Crippen molar-refractivity contribution in [2.24, 2.45) is 0 Å². The van der Waals surface area contributed by atoms with E-state index in [1.807, 2.05) is 35.2 Å².